The number of rotatable bonds is 1. The monoisotopic (exact) mass is 195 g/mol. The molecule has 0 saturated carbocycles. The van der Waals surface area contributed by atoms with Gasteiger partial charge in [-0.15, -0.1) is 0 Å². The van der Waals surface area contributed by atoms with E-state index in [1.54, 1.807) is 0 Å². The van der Waals surface area contributed by atoms with E-state index < -0.39 is 0 Å². The average molecular weight is 195 g/mol. The second-order valence-corrected chi connectivity index (χ2v) is 3.80. The van der Waals surface area contributed by atoms with E-state index in [2.05, 4.69) is 41.5 Å². The summed E-state index contributed by atoms with van der Waals surface area (Å²) in [6, 6.07) is 14.6. The Bertz CT molecular complexity index is 544. The molecule has 0 heterocycles. The number of nitrogens with zero attached hydrogens (tertiary/aromatic N) is 1. The van der Waals surface area contributed by atoms with Gasteiger partial charge >= 0.3 is 0 Å². The Hall–Kier alpha value is -1.96. The van der Waals surface area contributed by atoms with Crippen LogP contribution in [0.5, 0.6) is 0 Å². The van der Waals surface area contributed by atoms with Crippen molar-refractivity contribution in [3.05, 3.63) is 53.6 Å². The van der Waals surface area contributed by atoms with Gasteiger partial charge in [0.15, 0.2) is 0 Å². The molecule has 0 atom stereocenters. The predicted molar refractivity (Wildman–Crippen MR) is 58.7 cm³/mol. The zero-order valence-corrected chi connectivity index (χ0v) is 8.27. The fourth-order valence-electron chi connectivity index (χ4n) is 2.21. The van der Waals surface area contributed by atoms with E-state index in [0.717, 1.165) is 12.1 Å². The summed E-state index contributed by atoms with van der Waals surface area (Å²) in [5, 5.41) is 3.71. The van der Waals surface area contributed by atoms with Crippen molar-refractivity contribution in [1.82, 2.24) is 0 Å². The van der Waals surface area contributed by atoms with Gasteiger partial charge in [-0.25, -0.2) is 0 Å². The molecule has 0 aromatic heterocycles. The molecule has 0 radical (unpaired) electrons. The molecule has 2 aromatic rings. The van der Waals surface area contributed by atoms with Crippen LogP contribution >= 0.6 is 0 Å². The summed E-state index contributed by atoms with van der Waals surface area (Å²) < 4.78 is 0. The Labute approximate surface area is 88.1 Å². The van der Waals surface area contributed by atoms with E-state index in [4.69, 9.17) is 5.53 Å². The highest BCUT2D eigenvalue weighted by Gasteiger charge is 2.17. The van der Waals surface area contributed by atoms with E-state index in [-0.39, 0.29) is 0 Å². The fourth-order valence-corrected chi connectivity index (χ4v) is 2.21. The standard InChI is InChI=1S/C13H10N2/c14-15-11-5-6-13-10(8-11)7-9-3-1-2-4-12(9)13/h1-6,8,14H,7H2/p+1. The third-order valence-electron chi connectivity index (χ3n) is 2.93. The summed E-state index contributed by atoms with van der Waals surface area (Å²) in [7, 11) is 0. The molecule has 15 heavy (non-hydrogen) atoms. The van der Waals surface area contributed by atoms with Crippen LogP contribution in [0.4, 0.5) is 5.69 Å². The first kappa shape index (κ1) is 8.36. The summed E-state index contributed by atoms with van der Waals surface area (Å²) in [5.41, 5.74) is 11.5. The van der Waals surface area contributed by atoms with Crippen molar-refractivity contribution in [2.45, 2.75) is 6.42 Å². The maximum Gasteiger partial charge on any atom is 0.130 e. The van der Waals surface area contributed by atoms with Gasteiger partial charge in [-0.2, -0.15) is 5.53 Å². The zero-order chi connectivity index (χ0) is 10.3. The van der Waals surface area contributed by atoms with Crippen molar-refractivity contribution in [1.29, 1.82) is 0 Å². The highest BCUT2D eigenvalue weighted by Crippen LogP contribution is 2.37. The van der Waals surface area contributed by atoms with Crippen LogP contribution in [0.15, 0.2) is 47.6 Å². The van der Waals surface area contributed by atoms with Crippen molar-refractivity contribution in [2.24, 2.45) is 5.11 Å². The number of fused-ring (bicyclic) bond motifs is 3. The lowest BCUT2D eigenvalue weighted by atomic mass is 10.1. The van der Waals surface area contributed by atoms with Crippen LogP contribution in [-0.4, -0.2) is 0 Å². The van der Waals surface area contributed by atoms with Crippen molar-refractivity contribution < 1.29 is 5.53 Å². The van der Waals surface area contributed by atoms with Crippen LogP contribution in [0.1, 0.15) is 11.1 Å². The van der Waals surface area contributed by atoms with Crippen molar-refractivity contribution in [2.75, 3.05) is 0 Å². The first-order valence-corrected chi connectivity index (χ1v) is 5.00. The minimum absolute atomic E-state index is 0.849. The van der Waals surface area contributed by atoms with Crippen LogP contribution in [-0.2, 0) is 6.42 Å². The summed E-state index contributed by atoms with van der Waals surface area (Å²) in [4.78, 5) is 0. The molecule has 2 heteroatoms. The highest BCUT2D eigenvalue weighted by molar-refractivity contribution is 5.78. The zero-order valence-electron chi connectivity index (χ0n) is 8.27. The molecule has 0 aliphatic heterocycles. The molecule has 0 spiro atoms. The molecular formula is C13H11N2+. The van der Waals surface area contributed by atoms with E-state index >= 15 is 0 Å². The summed E-state index contributed by atoms with van der Waals surface area (Å²) in [5.74, 6) is 0. The maximum absolute atomic E-state index is 5.27. The molecule has 0 bridgehead atoms. The molecule has 72 valence electrons. The minimum Gasteiger partial charge on any atom is -0.152 e. The predicted octanol–water partition coefficient (Wildman–Crippen LogP) is 2.10. The van der Waals surface area contributed by atoms with E-state index in [1.165, 1.54) is 22.3 Å². The van der Waals surface area contributed by atoms with Gasteiger partial charge in [0.05, 0.1) is 0 Å². The van der Waals surface area contributed by atoms with Gasteiger partial charge in [-0.05, 0) is 45.9 Å². The normalized spacial score (nSPS) is 12.0. The molecule has 2 aromatic carbocycles. The number of hydrogen-bond donors (Lipinski definition) is 1. The van der Waals surface area contributed by atoms with E-state index in [0.29, 0.717) is 0 Å². The van der Waals surface area contributed by atoms with Gasteiger partial charge in [0.1, 0.15) is 5.69 Å². The maximum atomic E-state index is 5.27. The topological polar surface area (TPSA) is 38.0 Å². The lowest BCUT2D eigenvalue weighted by Gasteiger charge is -1.99. The van der Waals surface area contributed by atoms with Crippen LogP contribution in [0, 0.1) is 0 Å². The van der Waals surface area contributed by atoms with Gasteiger partial charge in [0, 0.05) is 0 Å². The molecule has 0 amide bonds. The minimum atomic E-state index is 0.849. The lowest BCUT2D eigenvalue weighted by Crippen LogP contribution is -2.21. The van der Waals surface area contributed by atoms with E-state index in [9.17, 15) is 0 Å². The van der Waals surface area contributed by atoms with Gasteiger partial charge in [-0.3, -0.25) is 0 Å². The number of nitrogens with two attached hydrogens (primary N) is 1. The van der Waals surface area contributed by atoms with Gasteiger partial charge in [0.2, 0.25) is 0 Å². The van der Waals surface area contributed by atoms with Crippen molar-refractivity contribution >= 4 is 5.69 Å². The second kappa shape index (κ2) is 3.02. The smallest absolute Gasteiger partial charge is 0.130 e. The summed E-state index contributed by atoms with van der Waals surface area (Å²) in [6.07, 6.45) is 0.995. The Balaban J connectivity index is 2.22. The molecule has 1 aliphatic rings. The Morgan fingerprint density at radius 3 is 2.60 bits per heavy atom. The SMILES string of the molecule is [NH2+]=Nc1ccc2c(c1)Cc1ccccc1-2. The van der Waals surface area contributed by atoms with Crippen LogP contribution in [0.2, 0.25) is 0 Å². The van der Waals surface area contributed by atoms with Crippen molar-refractivity contribution in [3.8, 4) is 11.1 Å². The fraction of sp³-hybridized carbons (Fsp3) is 0.0769. The summed E-state index contributed by atoms with van der Waals surface area (Å²) >= 11 is 0. The Kier molecular flexibility index (Phi) is 1.68. The number of hydrogen-bond acceptors (Lipinski definition) is 1. The molecule has 1 aliphatic carbocycles. The lowest BCUT2D eigenvalue weighted by molar-refractivity contribution is -0.210. The number of benzene rings is 2. The average Bonchev–Trinajstić information content (AvgIpc) is 2.66. The molecule has 2 N–H and O–H groups in total. The van der Waals surface area contributed by atoms with E-state index in [1.807, 2.05) is 6.07 Å². The third-order valence-corrected chi connectivity index (χ3v) is 2.93. The molecule has 0 saturated heterocycles. The third kappa shape index (κ3) is 1.18. The van der Waals surface area contributed by atoms with Gasteiger partial charge in [0.25, 0.3) is 0 Å². The van der Waals surface area contributed by atoms with Crippen molar-refractivity contribution in [3.63, 3.8) is 0 Å². The van der Waals surface area contributed by atoms with Crippen LogP contribution in [0.25, 0.3) is 11.1 Å². The molecule has 0 unspecified atom stereocenters. The Morgan fingerprint density at radius 2 is 1.73 bits per heavy atom. The molecule has 3 rings (SSSR count). The van der Waals surface area contributed by atoms with Crippen LogP contribution < -0.4 is 5.53 Å². The highest BCUT2D eigenvalue weighted by atomic mass is 15.0. The molecule has 2 nitrogen and oxygen atoms in total. The van der Waals surface area contributed by atoms with Gasteiger partial charge in [-0.1, -0.05) is 30.3 Å². The largest absolute Gasteiger partial charge is 0.152 e. The Morgan fingerprint density at radius 1 is 0.933 bits per heavy atom. The summed E-state index contributed by atoms with van der Waals surface area (Å²) in [6.45, 7) is 0. The second-order valence-electron chi connectivity index (χ2n) is 3.80. The molecular weight excluding hydrogens is 184 g/mol. The quantitative estimate of drug-likeness (QED) is 0.577. The van der Waals surface area contributed by atoms with Crippen LogP contribution in [0.3, 0.4) is 0 Å². The first-order chi connectivity index (χ1) is 7.38. The molecule has 0 fully saturated rings. The first-order valence-electron chi connectivity index (χ1n) is 5.00. The van der Waals surface area contributed by atoms with Gasteiger partial charge < -0.3 is 0 Å².